The molecule has 100 valence electrons. The third kappa shape index (κ3) is 3.72. The van der Waals surface area contributed by atoms with Crippen LogP contribution in [0.4, 0.5) is 5.69 Å². The van der Waals surface area contributed by atoms with Gasteiger partial charge in [0.05, 0.1) is 18.6 Å². The lowest BCUT2D eigenvalue weighted by atomic mass is 10.2. The van der Waals surface area contributed by atoms with Crippen LogP contribution in [0.5, 0.6) is 5.75 Å². The van der Waals surface area contributed by atoms with Crippen molar-refractivity contribution in [3.05, 3.63) is 30.1 Å². The first kappa shape index (κ1) is 13.4. The van der Waals surface area contributed by atoms with Crippen molar-refractivity contribution in [3.63, 3.8) is 0 Å². The van der Waals surface area contributed by atoms with Crippen molar-refractivity contribution in [1.29, 1.82) is 0 Å². The van der Waals surface area contributed by atoms with Gasteiger partial charge in [0.1, 0.15) is 12.1 Å². The maximum Gasteiger partial charge on any atom is 0.234 e. The molecule has 0 bridgehead atoms. The summed E-state index contributed by atoms with van der Waals surface area (Å²) in [7, 11) is 1.57. The van der Waals surface area contributed by atoms with Gasteiger partial charge < -0.3 is 10.1 Å². The summed E-state index contributed by atoms with van der Waals surface area (Å²) in [5.41, 5.74) is 1.73. The topological polar surface area (TPSA) is 79.9 Å². The average Bonchev–Trinajstić information content (AvgIpc) is 2.90. The first-order valence-electron chi connectivity index (χ1n) is 5.61. The number of aromatic nitrogens is 3. The van der Waals surface area contributed by atoms with Crippen LogP contribution in [0, 0.1) is 6.92 Å². The Morgan fingerprint density at radius 2 is 2.37 bits per heavy atom. The molecule has 0 aliphatic carbocycles. The lowest BCUT2D eigenvalue weighted by Crippen LogP contribution is -2.15. The largest absolute Gasteiger partial charge is 0.495 e. The predicted octanol–water partition coefficient (Wildman–Crippen LogP) is 1.85. The summed E-state index contributed by atoms with van der Waals surface area (Å²) in [5, 5.41) is 9.83. The number of rotatable bonds is 5. The molecule has 7 heteroatoms. The molecule has 0 unspecified atom stereocenters. The Morgan fingerprint density at radius 3 is 3.05 bits per heavy atom. The van der Waals surface area contributed by atoms with Gasteiger partial charge in [0.25, 0.3) is 0 Å². The van der Waals surface area contributed by atoms with E-state index in [-0.39, 0.29) is 11.7 Å². The van der Waals surface area contributed by atoms with E-state index < -0.39 is 0 Å². The van der Waals surface area contributed by atoms with Crippen LogP contribution in [0.15, 0.2) is 29.7 Å². The van der Waals surface area contributed by atoms with Crippen molar-refractivity contribution in [2.24, 2.45) is 0 Å². The minimum Gasteiger partial charge on any atom is -0.495 e. The van der Waals surface area contributed by atoms with E-state index in [9.17, 15) is 4.79 Å². The third-order valence-electron chi connectivity index (χ3n) is 2.36. The van der Waals surface area contributed by atoms with Gasteiger partial charge >= 0.3 is 0 Å². The van der Waals surface area contributed by atoms with Gasteiger partial charge in [-0.3, -0.25) is 9.89 Å². The van der Waals surface area contributed by atoms with Crippen LogP contribution in [0.25, 0.3) is 0 Å². The standard InChI is InChI=1S/C12H14N4O2S/c1-8-3-4-10(18-2)9(5-8)15-11(17)6-19-12-13-7-14-16-12/h3-5,7H,6H2,1-2H3,(H,15,17)(H,13,14,16). The van der Waals surface area contributed by atoms with Crippen LogP contribution >= 0.6 is 11.8 Å². The molecule has 0 saturated heterocycles. The van der Waals surface area contributed by atoms with E-state index in [0.29, 0.717) is 16.6 Å². The Hall–Kier alpha value is -2.02. The Bertz CT molecular complexity index is 557. The highest BCUT2D eigenvalue weighted by molar-refractivity contribution is 7.99. The predicted molar refractivity (Wildman–Crippen MR) is 73.5 cm³/mol. The second-order valence-corrected chi connectivity index (χ2v) is 4.80. The maximum atomic E-state index is 11.8. The molecule has 6 nitrogen and oxygen atoms in total. The van der Waals surface area contributed by atoms with Crippen molar-refractivity contribution < 1.29 is 9.53 Å². The van der Waals surface area contributed by atoms with Crippen LogP contribution in [-0.4, -0.2) is 34.0 Å². The Kier molecular flexibility index (Phi) is 4.40. The number of thioether (sulfide) groups is 1. The zero-order valence-corrected chi connectivity index (χ0v) is 11.5. The number of methoxy groups -OCH3 is 1. The molecule has 1 aromatic carbocycles. The van der Waals surface area contributed by atoms with E-state index in [4.69, 9.17) is 4.74 Å². The fourth-order valence-electron chi connectivity index (χ4n) is 1.50. The van der Waals surface area contributed by atoms with Crippen molar-refractivity contribution in [2.45, 2.75) is 12.1 Å². The van der Waals surface area contributed by atoms with Crippen molar-refractivity contribution in [1.82, 2.24) is 15.2 Å². The zero-order valence-electron chi connectivity index (χ0n) is 10.6. The number of nitrogens with one attached hydrogen (secondary N) is 2. The lowest BCUT2D eigenvalue weighted by Gasteiger charge is -2.10. The molecule has 2 N–H and O–H groups in total. The lowest BCUT2D eigenvalue weighted by molar-refractivity contribution is -0.113. The average molecular weight is 278 g/mol. The highest BCUT2D eigenvalue weighted by atomic mass is 32.2. The van der Waals surface area contributed by atoms with Crippen molar-refractivity contribution >= 4 is 23.4 Å². The number of amides is 1. The summed E-state index contributed by atoms with van der Waals surface area (Å²) in [5.74, 6) is 0.778. The minimum atomic E-state index is -0.120. The molecular formula is C12H14N4O2S. The Labute approximate surface area is 115 Å². The van der Waals surface area contributed by atoms with Gasteiger partial charge in [0, 0.05) is 0 Å². The fraction of sp³-hybridized carbons (Fsp3) is 0.250. The third-order valence-corrected chi connectivity index (χ3v) is 3.24. The molecule has 19 heavy (non-hydrogen) atoms. The summed E-state index contributed by atoms with van der Waals surface area (Å²) in [6, 6.07) is 5.63. The summed E-state index contributed by atoms with van der Waals surface area (Å²) < 4.78 is 5.20. The maximum absolute atomic E-state index is 11.8. The number of carbonyl (C=O) groups is 1. The second kappa shape index (κ2) is 6.24. The zero-order chi connectivity index (χ0) is 13.7. The van der Waals surface area contributed by atoms with Crippen LogP contribution in [0.1, 0.15) is 5.56 Å². The summed E-state index contributed by atoms with van der Waals surface area (Å²) in [6.45, 7) is 1.96. The van der Waals surface area contributed by atoms with Gasteiger partial charge in [-0.1, -0.05) is 17.8 Å². The van der Waals surface area contributed by atoms with Gasteiger partial charge in [-0.05, 0) is 24.6 Å². The molecule has 2 rings (SSSR count). The first-order valence-corrected chi connectivity index (χ1v) is 6.60. The molecule has 1 amide bonds. The molecule has 1 heterocycles. The first-order chi connectivity index (χ1) is 9.19. The number of H-pyrrole nitrogens is 1. The molecule has 0 fully saturated rings. The molecule has 0 aliphatic rings. The van der Waals surface area contributed by atoms with E-state index in [1.165, 1.54) is 18.1 Å². The molecule has 0 radical (unpaired) electrons. The fourth-order valence-corrected chi connectivity index (χ4v) is 2.08. The van der Waals surface area contributed by atoms with E-state index in [1.807, 2.05) is 25.1 Å². The SMILES string of the molecule is COc1ccc(C)cc1NC(=O)CSc1ncn[nH]1. The number of hydrogen-bond donors (Lipinski definition) is 2. The monoisotopic (exact) mass is 278 g/mol. The van der Waals surface area contributed by atoms with Gasteiger partial charge in [-0.25, -0.2) is 4.98 Å². The number of hydrogen-bond acceptors (Lipinski definition) is 5. The van der Waals surface area contributed by atoms with E-state index in [1.54, 1.807) is 7.11 Å². The molecular weight excluding hydrogens is 264 g/mol. The summed E-state index contributed by atoms with van der Waals surface area (Å²) in [4.78, 5) is 15.8. The Morgan fingerprint density at radius 1 is 1.53 bits per heavy atom. The van der Waals surface area contributed by atoms with Gasteiger partial charge in [0.15, 0.2) is 5.16 Å². The molecule has 2 aromatic rings. The molecule has 1 aromatic heterocycles. The molecule has 0 spiro atoms. The van der Waals surface area contributed by atoms with Gasteiger partial charge in [-0.2, -0.15) is 5.10 Å². The highest BCUT2D eigenvalue weighted by Crippen LogP contribution is 2.25. The number of anilines is 1. The van der Waals surface area contributed by atoms with Crippen LogP contribution in [-0.2, 0) is 4.79 Å². The Balaban J connectivity index is 1.96. The summed E-state index contributed by atoms with van der Waals surface area (Å²) >= 11 is 1.29. The number of aromatic amines is 1. The number of ether oxygens (including phenoxy) is 1. The van der Waals surface area contributed by atoms with Gasteiger partial charge in [0.2, 0.25) is 5.91 Å². The van der Waals surface area contributed by atoms with Crippen molar-refractivity contribution in [3.8, 4) is 5.75 Å². The van der Waals surface area contributed by atoms with Crippen LogP contribution < -0.4 is 10.1 Å². The normalized spacial score (nSPS) is 10.2. The molecule has 0 aliphatic heterocycles. The number of nitrogens with zero attached hydrogens (tertiary/aromatic N) is 2. The van der Waals surface area contributed by atoms with Crippen LogP contribution in [0.2, 0.25) is 0 Å². The molecule has 0 atom stereocenters. The van der Waals surface area contributed by atoms with E-state index >= 15 is 0 Å². The summed E-state index contributed by atoms with van der Waals surface area (Å²) in [6.07, 6.45) is 1.41. The van der Waals surface area contributed by atoms with Gasteiger partial charge in [-0.15, -0.1) is 0 Å². The quantitative estimate of drug-likeness (QED) is 0.816. The van der Waals surface area contributed by atoms with E-state index in [0.717, 1.165) is 5.56 Å². The highest BCUT2D eigenvalue weighted by Gasteiger charge is 2.09. The second-order valence-electron chi connectivity index (χ2n) is 3.83. The van der Waals surface area contributed by atoms with Crippen molar-refractivity contribution in [2.75, 3.05) is 18.2 Å². The number of benzene rings is 1. The van der Waals surface area contributed by atoms with E-state index in [2.05, 4.69) is 20.5 Å². The molecule has 0 saturated carbocycles. The minimum absolute atomic E-state index is 0.120. The van der Waals surface area contributed by atoms with Crippen LogP contribution in [0.3, 0.4) is 0 Å². The number of aryl methyl sites for hydroxylation is 1. The number of carbonyl (C=O) groups excluding carboxylic acids is 1. The smallest absolute Gasteiger partial charge is 0.234 e.